The van der Waals surface area contributed by atoms with Crippen molar-refractivity contribution >= 4 is 11.0 Å². The Hall–Kier alpha value is -1.75. The van der Waals surface area contributed by atoms with E-state index >= 15 is 0 Å². The van der Waals surface area contributed by atoms with Gasteiger partial charge in [0.15, 0.2) is 0 Å². The monoisotopic (exact) mass is 156 g/mol. The van der Waals surface area contributed by atoms with Crippen LogP contribution in [0.25, 0.3) is 11.0 Å². The summed E-state index contributed by atoms with van der Waals surface area (Å²) in [7, 11) is 0. The SMILES string of the molecule is C#CCc1nc2ccccc2[nH]1. The molecule has 0 unspecified atom stereocenters. The lowest BCUT2D eigenvalue weighted by Gasteiger charge is -1.82. The van der Waals surface area contributed by atoms with Crippen LogP contribution in [0.2, 0.25) is 0 Å². The van der Waals surface area contributed by atoms with Crippen LogP contribution in [0.3, 0.4) is 0 Å². The first kappa shape index (κ1) is 6.93. The highest BCUT2D eigenvalue weighted by molar-refractivity contribution is 5.74. The number of para-hydroxylation sites is 2. The van der Waals surface area contributed by atoms with Gasteiger partial charge in [0.25, 0.3) is 0 Å². The molecule has 0 saturated heterocycles. The Morgan fingerprint density at radius 3 is 3.00 bits per heavy atom. The van der Waals surface area contributed by atoms with Gasteiger partial charge in [-0.3, -0.25) is 0 Å². The maximum absolute atomic E-state index is 5.17. The highest BCUT2D eigenvalue weighted by atomic mass is 14.9. The predicted molar refractivity (Wildman–Crippen MR) is 48.6 cm³/mol. The number of nitrogens with one attached hydrogen (secondary N) is 1. The third-order valence-corrected chi connectivity index (χ3v) is 1.71. The number of hydrogen-bond donors (Lipinski definition) is 1. The molecule has 1 aromatic heterocycles. The second-order valence-electron chi connectivity index (χ2n) is 2.58. The number of aromatic amines is 1. The van der Waals surface area contributed by atoms with Crippen LogP contribution in [0.15, 0.2) is 24.3 Å². The lowest BCUT2D eigenvalue weighted by molar-refractivity contribution is 1.10. The summed E-state index contributed by atoms with van der Waals surface area (Å²) in [6.07, 6.45) is 5.74. The second-order valence-corrected chi connectivity index (χ2v) is 2.58. The fourth-order valence-electron chi connectivity index (χ4n) is 1.19. The van der Waals surface area contributed by atoms with Gasteiger partial charge < -0.3 is 4.98 Å². The fourth-order valence-corrected chi connectivity index (χ4v) is 1.19. The largest absolute Gasteiger partial charge is 0.341 e. The zero-order valence-corrected chi connectivity index (χ0v) is 6.54. The number of hydrogen-bond acceptors (Lipinski definition) is 1. The topological polar surface area (TPSA) is 28.7 Å². The van der Waals surface area contributed by atoms with Gasteiger partial charge in [-0.05, 0) is 12.1 Å². The fraction of sp³-hybridized carbons (Fsp3) is 0.100. The summed E-state index contributed by atoms with van der Waals surface area (Å²) in [5.74, 6) is 3.41. The van der Waals surface area contributed by atoms with E-state index < -0.39 is 0 Å². The zero-order chi connectivity index (χ0) is 8.39. The van der Waals surface area contributed by atoms with Crippen LogP contribution in [0.4, 0.5) is 0 Å². The minimum absolute atomic E-state index is 0.564. The highest BCUT2D eigenvalue weighted by Gasteiger charge is 1.98. The van der Waals surface area contributed by atoms with Crippen LogP contribution in [0.1, 0.15) is 5.82 Å². The molecule has 12 heavy (non-hydrogen) atoms. The van der Waals surface area contributed by atoms with Crippen molar-refractivity contribution in [2.24, 2.45) is 0 Å². The molecule has 2 heteroatoms. The standard InChI is InChI=1S/C10H8N2/c1-2-5-10-11-8-6-3-4-7-9(8)12-10/h1,3-4,6-7H,5H2,(H,11,12). The van der Waals surface area contributed by atoms with Crippen LogP contribution in [0, 0.1) is 12.3 Å². The summed E-state index contributed by atoms with van der Waals surface area (Å²) in [5.41, 5.74) is 2.02. The Kier molecular flexibility index (Phi) is 1.56. The normalized spacial score (nSPS) is 9.92. The molecule has 58 valence electrons. The molecule has 2 aromatic rings. The lowest BCUT2D eigenvalue weighted by Crippen LogP contribution is -1.81. The molecule has 0 amide bonds. The van der Waals surface area contributed by atoms with E-state index in [0.717, 1.165) is 16.9 Å². The lowest BCUT2D eigenvalue weighted by atomic mass is 10.3. The Morgan fingerprint density at radius 2 is 2.25 bits per heavy atom. The van der Waals surface area contributed by atoms with Gasteiger partial charge in [0.05, 0.1) is 17.5 Å². The minimum Gasteiger partial charge on any atom is -0.341 e. The van der Waals surface area contributed by atoms with Crippen molar-refractivity contribution in [3.63, 3.8) is 0 Å². The van der Waals surface area contributed by atoms with Crippen molar-refractivity contribution in [3.8, 4) is 12.3 Å². The summed E-state index contributed by atoms with van der Waals surface area (Å²) in [4.78, 5) is 7.45. The van der Waals surface area contributed by atoms with E-state index in [1.165, 1.54) is 0 Å². The van der Waals surface area contributed by atoms with Gasteiger partial charge in [-0.2, -0.15) is 0 Å². The first-order valence-electron chi connectivity index (χ1n) is 3.77. The van der Waals surface area contributed by atoms with Crippen LogP contribution in [-0.4, -0.2) is 9.97 Å². The number of nitrogens with zero attached hydrogens (tertiary/aromatic N) is 1. The number of H-pyrrole nitrogens is 1. The average molecular weight is 156 g/mol. The molecule has 1 aromatic carbocycles. The molecule has 0 fully saturated rings. The summed E-state index contributed by atoms with van der Waals surface area (Å²) in [5, 5.41) is 0. The first-order valence-corrected chi connectivity index (χ1v) is 3.77. The van der Waals surface area contributed by atoms with Crippen molar-refractivity contribution in [3.05, 3.63) is 30.1 Å². The number of rotatable bonds is 1. The molecule has 0 spiro atoms. The number of imidazole rings is 1. The summed E-state index contributed by atoms with van der Waals surface area (Å²) in [6.45, 7) is 0. The van der Waals surface area contributed by atoms with Crippen molar-refractivity contribution in [1.29, 1.82) is 0 Å². The van der Waals surface area contributed by atoms with E-state index in [0.29, 0.717) is 6.42 Å². The molecular formula is C10H8N2. The van der Waals surface area contributed by atoms with E-state index in [1.807, 2.05) is 24.3 Å². The molecule has 0 aliphatic heterocycles. The summed E-state index contributed by atoms with van der Waals surface area (Å²) < 4.78 is 0. The first-order chi connectivity index (χ1) is 5.90. The van der Waals surface area contributed by atoms with Gasteiger partial charge in [0, 0.05) is 0 Å². The van der Waals surface area contributed by atoms with Gasteiger partial charge in [-0.15, -0.1) is 6.42 Å². The molecular weight excluding hydrogens is 148 g/mol. The number of aromatic nitrogens is 2. The molecule has 1 N–H and O–H groups in total. The molecule has 0 radical (unpaired) electrons. The smallest absolute Gasteiger partial charge is 0.119 e. The summed E-state index contributed by atoms with van der Waals surface area (Å²) in [6, 6.07) is 7.89. The number of fused-ring (bicyclic) bond motifs is 1. The molecule has 0 aliphatic rings. The molecule has 2 rings (SSSR count). The van der Waals surface area contributed by atoms with Crippen molar-refractivity contribution in [2.45, 2.75) is 6.42 Å². The molecule has 2 nitrogen and oxygen atoms in total. The van der Waals surface area contributed by atoms with E-state index in [4.69, 9.17) is 6.42 Å². The van der Waals surface area contributed by atoms with Crippen molar-refractivity contribution in [1.82, 2.24) is 9.97 Å². The van der Waals surface area contributed by atoms with Gasteiger partial charge in [-0.1, -0.05) is 18.1 Å². The molecule has 1 heterocycles. The Labute approximate surface area is 70.6 Å². The van der Waals surface area contributed by atoms with Gasteiger partial charge in [-0.25, -0.2) is 4.98 Å². The van der Waals surface area contributed by atoms with Crippen LogP contribution in [0.5, 0.6) is 0 Å². The average Bonchev–Trinajstić information content (AvgIpc) is 2.47. The van der Waals surface area contributed by atoms with E-state index in [-0.39, 0.29) is 0 Å². The van der Waals surface area contributed by atoms with Gasteiger partial charge in [0.2, 0.25) is 0 Å². The molecule has 0 bridgehead atoms. The van der Waals surface area contributed by atoms with Gasteiger partial charge in [0.1, 0.15) is 5.82 Å². The third-order valence-electron chi connectivity index (χ3n) is 1.71. The zero-order valence-electron chi connectivity index (χ0n) is 6.54. The number of benzene rings is 1. The minimum atomic E-state index is 0.564. The second kappa shape index (κ2) is 2.71. The van der Waals surface area contributed by atoms with E-state index in [1.54, 1.807) is 0 Å². The Morgan fingerprint density at radius 1 is 1.42 bits per heavy atom. The third kappa shape index (κ3) is 1.06. The van der Waals surface area contributed by atoms with E-state index in [2.05, 4.69) is 15.9 Å². The maximum Gasteiger partial charge on any atom is 0.119 e. The molecule has 0 atom stereocenters. The maximum atomic E-state index is 5.17. The predicted octanol–water partition coefficient (Wildman–Crippen LogP) is 1.74. The van der Waals surface area contributed by atoms with E-state index in [9.17, 15) is 0 Å². The Bertz CT molecular complexity index is 401. The Balaban J connectivity index is 2.56. The van der Waals surface area contributed by atoms with Crippen molar-refractivity contribution in [2.75, 3.05) is 0 Å². The molecule has 0 aliphatic carbocycles. The van der Waals surface area contributed by atoms with Crippen LogP contribution in [-0.2, 0) is 6.42 Å². The number of terminal acetylenes is 1. The quantitative estimate of drug-likeness (QED) is 0.626. The highest BCUT2D eigenvalue weighted by Crippen LogP contribution is 2.09. The van der Waals surface area contributed by atoms with Crippen LogP contribution >= 0.6 is 0 Å². The van der Waals surface area contributed by atoms with Gasteiger partial charge >= 0.3 is 0 Å². The van der Waals surface area contributed by atoms with Crippen LogP contribution < -0.4 is 0 Å². The molecule has 0 saturated carbocycles. The summed E-state index contributed by atoms with van der Waals surface area (Å²) >= 11 is 0. The van der Waals surface area contributed by atoms with Crippen molar-refractivity contribution < 1.29 is 0 Å².